The van der Waals surface area contributed by atoms with Gasteiger partial charge in [0.25, 0.3) is 0 Å². The average Bonchev–Trinajstić information content (AvgIpc) is 2.56. The SMILES string of the molecule is CC(=O)Nc1nc(NCCO)sc1C#N. The van der Waals surface area contributed by atoms with Gasteiger partial charge in [-0.05, 0) is 0 Å². The highest BCUT2D eigenvalue weighted by molar-refractivity contribution is 7.16. The molecule has 0 bridgehead atoms. The van der Waals surface area contributed by atoms with Gasteiger partial charge in [-0.1, -0.05) is 11.3 Å². The molecule has 0 radical (unpaired) electrons. The minimum absolute atomic E-state index is 0.0169. The molecule has 0 aromatic carbocycles. The lowest BCUT2D eigenvalue weighted by molar-refractivity contribution is -0.114. The molecule has 3 N–H and O–H groups in total. The molecule has 1 aromatic heterocycles. The lowest BCUT2D eigenvalue weighted by Gasteiger charge is -1.97. The number of anilines is 2. The van der Waals surface area contributed by atoms with Crippen molar-refractivity contribution in [1.29, 1.82) is 5.26 Å². The smallest absolute Gasteiger partial charge is 0.222 e. The summed E-state index contributed by atoms with van der Waals surface area (Å²) in [5, 5.41) is 23.1. The number of aliphatic hydroxyl groups excluding tert-OH is 1. The third kappa shape index (κ3) is 3.19. The molecule has 0 unspecified atom stereocenters. The van der Waals surface area contributed by atoms with Gasteiger partial charge in [-0.3, -0.25) is 4.79 Å². The number of hydrogen-bond donors (Lipinski definition) is 3. The van der Waals surface area contributed by atoms with Crippen molar-refractivity contribution >= 4 is 28.2 Å². The van der Waals surface area contributed by atoms with Gasteiger partial charge >= 0.3 is 0 Å². The molecule has 0 atom stereocenters. The van der Waals surface area contributed by atoms with Crippen LogP contribution in [0.3, 0.4) is 0 Å². The van der Waals surface area contributed by atoms with Gasteiger partial charge in [-0.25, -0.2) is 4.98 Å². The molecular weight excluding hydrogens is 216 g/mol. The summed E-state index contributed by atoms with van der Waals surface area (Å²) in [6.45, 7) is 1.69. The van der Waals surface area contributed by atoms with E-state index in [9.17, 15) is 4.79 Å². The number of carbonyl (C=O) groups is 1. The van der Waals surface area contributed by atoms with Crippen LogP contribution in [0.2, 0.25) is 0 Å². The zero-order valence-corrected chi connectivity index (χ0v) is 8.89. The van der Waals surface area contributed by atoms with E-state index in [1.807, 2.05) is 6.07 Å². The second kappa shape index (κ2) is 5.29. The summed E-state index contributed by atoms with van der Waals surface area (Å²) in [7, 11) is 0. The minimum atomic E-state index is -0.273. The predicted octanol–water partition coefficient (Wildman–Crippen LogP) is 0.377. The van der Waals surface area contributed by atoms with Crippen molar-refractivity contribution < 1.29 is 9.90 Å². The molecule has 0 aliphatic carbocycles. The zero-order chi connectivity index (χ0) is 11.3. The van der Waals surface area contributed by atoms with Gasteiger partial charge in [0.1, 0.15) is 6.07 Å². The fourth-order valence-electron chi connectivity index (χ4n) is 0.886. The second-order valence-corrected chi connectivity index (χ2v) is 3.64. The number of aliphatic hydroxyl groups is 1. The number of aromatic nitrogens is 1. The van der Waals surface area contributed by atoms with Crippen LogP contribution in [0, 0.1) is 11.3 Å². The van der Waals surface area contributed by atoms with Crippen LogP contribution in [0.1, 0.15) is 11.8 Å². The van der Waals surface area contributed by atoms with Gasteiger partial charge in [0.05, 0.1) is 6.61 Å². The number of thiazole rings is 1. The Kier molecular flexibility index (Phi) is 4.03. The van der Waals surface area contributed by atoms with E-state index in [2.05, 4.69) is 15.6 Å². The van der Waals surface area contributed by atoms with Crippen molar-refractivity contribution in [2.45, 2.75) is 6.92 Å². The third-order valence-electron chi connectivity index (χ3n) is 1.41. The molecule has 1 amide bonds. The second-order valence-electron chi connectivity index (χ2n) is 2.64. The Morgan fingerprint density at radius 1 is 1.73 bits per heavy atom. The van der Waals surface area contributed by atoms with Gasteiger partial charge < -0.3 is 15.7 Å². The van der Waals surface area contributed by atoms with Crippen molar-refractivity contribution in [2.24, 2.45) is 0 Å². The summed E-state index contributed by atoms with van der Waals surface area (Å²) in [6.07, 6.45) is 0. The van der Waals surface area contributed by atoms with Gasteiger partial charge in [-0.15, -0.1) is 0 Å². The van der Waals surface area contributed by atoms with E-state index in [4.69, 9.17) is 10.4 Å². The maximum atomic E-state index is 10.8. The van der Waals surface area contributed by atoms with Crippen LogP contribution in [0.4, 0.5) is 10.9 Å². The Morgan fingerprint density at radius 3 is 3.00 bits per heavy atom. The Morgan fingerprint density at radius 2 is 2.47 bits per heavy atom. The van der Waals surface area contributed by atoms with Crippen LogP contribution in [0.15, 0.2) is 0 Å². The largest absolute Gasteiger partial charge is 0.395 e. The van der Waals surface area contributed by atoms with E-state index in [0.29, 0.717) is 16.6 Å². The van der Waals surface area contributed by atoms with Crippen molar-refractivity contribution in [1.82, 2.24) is 4.98 Å². The molecule has 0 spiro atoms. The van der Waals surface area contributed by atoms with Crippen LogP contribution >= 0.6 is 11.3 Å². The zero-order valence-electron chi connectivity index (χ0n) is 8.07. The Labute approximate surface area is 90.6 Å². The van der Waals surface area contributed by atoms with E-state index in [1.165, 1.54) is 6.92 Å². The first-order valence-corrected chi connectivity index (χ1v) is 5.02. The Balaban J connectivity index is 2.81. The number of nitrogens with one attached hydrogen (secondary N) is 2. The number of rotatable bonds is 4. The highest BCUT2D eigenvalue weighted by Gasteiger charge is 2.11. The van der Waals surface area contributed by atoms with Crippen LogP contribution in [0.5, 0.6) is 0 Å². The molecule has 7 heteroatoms. The lowest BCUT2D eigenvalue weighted by Crippen LogP contribution is -2.08. The summed E-state index contributed by atoms with van der Waals surface area (Å²) in [6, 6.07) is 1.94. The number of carbonyl (C=O) groups excluding carboxylic acids is 1. The summed E-state index contributed by atoms with van der Waals surface area (Å²) in [5.74, 6) is -0.0130. The summed E-state index contributed by atoms with van der Waals surface area (Å²) in [4.78, 5) is 15.1. The van der Waals surface area contributed by atoms with E-state index >= 15 is 0 Å². The van der Waals surface area contributed by atoms with Gasteiger partial charge in [0.2, 0.25) is 5.91 Å². The van der Waals surface area contributed by atoms with Crippen LogP contribution < -0.4 is 10.6 Å². The highest BCUT2D eigenvalue weighted by Crippen LogP contribution is 2.25. The Hall–Kier alpha value is -1.65. The highest BCUT2D eigenvalue weighted by atomic mass is 32.1. The first kappa shape index (κ1) is 11.4. The molecule has 1 aromatic rings. The fraction of sp³-hybridized carbons (Fsp3) is 0.375. The molecule has 6 nitrogen and oxygen atoms in total. The average molecular weight is 226 g/mol. The maximum absolute atomic E-state index is 10.8. The maximum Gasteiger partial charge on any atom is 0.222 e. The van der Waals surface area contributed by atoms with Gasteiger partial charge in [0.15, 0.2) is 15.8 Å². The summed E-state index contributed by atoms with van der Waals surface area (Å²) < 4.78 is 0. The first-order chi connectivity index (χ1) is 7.17. The lowest BCUT2D eigenvalue weighted by atomic mass is 10.5. The molecule has 0 aliphatic rings. The monoisotopic (exact) mass is 226 g/mol. The van der Waals surface area contributed by atoms with E-state index in [0.717, 1.165) is 11.3 Å². The summed E-state index contributed by atoms with van der Waals surface area (Å²) in [5.41, 5.74) is 0. The molecule has 1 heterocycles. The Bertz CT molecular complexity index is 396. The number of hydrogen-bond acceptors (Lipinski definition) is 6. The molecule has 15 heavy (non-hydrogen) atoms. The van der Waals surface area contributed by atoms with Crippen LogP contribution in [0.25, 0.3) is 0 Å². The fourth-order valence-corrected chi connectivity index (χ4v) is 1.63. The predicted molar refractivity (Wildman–Crippen MR) is 56.7 cm³/mol. The molecule has 80 valence electrons. The van der Waals surface area contributed by atoms with Gasteiger partial charge in [-0.2, -0.15) is 5.26 Å². The number of nitrogens with zero attached hydrogens (tertiary/aromatic N) is 2. The number of amides is 1. The third-order valence-corrected chi connectivity index (χ3v) is 2.33. The normalized spacial score (nSPS) is 9.40. The standard InChI is InChI=1S/C8H10N4O2S/c1-5(14)11-7-6(4-9)15-8(12-7)10-2-3-13/h13H,2-3H2,1H3,(H,10,12)(H,11,14). The summed E-state index contributed by atoms with van der Waals surface area (Å²) >= 11 is 1.13. The molecule has 1 rings (SSSR count). The van der Waals surface area contributed by atoms with Crippen LogP contribution in [-0.2, 0) is 4.79 Å². The molecule has 0 saturated carbocycles. The molecule has 0 aliphatic heterocycles. The molecule has 0 saturated heterocycles. The van der Waals surface area contributed by atoms with Crippen molar-refractivity contribution in [3.63, 3.8) is 0 Å². The van der Waals surface area contributed by atoms with Crippen molar-refractivity contribution in [2.75, 3.05) is 23.8 Å². The molecule has 0 fully saturated rings. The van der Waals surface area contributed by atoms with Gasteiger partial charge in [0, 0.05) is 13.5 Å². The first-order valence-electron chi connectivity index (χ1n) is 4.20. The topological polar surface area (TPSA) is 98.0 Å². The van der Waals surface area contributed by atoms with Crippen LogP contribution in [-0.4, -0.2) is 29.1 Å². The molecular formula is C8H10N4O2S. The van der Waals surface area contributed by atoms with E-state index < -0.39 is 0 Å². The number of nitriles is 1. The van der Waals surface area contributed by atoms with E-state index in [-0.39, 0.29) is 18.3 Å². The van der Waals surface area contributed by atoms with E-state index in [1.54, 1.807) is 0 Å². The van der Waals surface area contributed by atoms with Crippen molar-refractivity contribution in [3.05, 3.63) is 4.88 Å². The quantitative estimate of drug-likeness (QED) is 0.689. The minimum Gasteiger partial charge on any atom is -0.395 e. The van der Waals surface area contributed by atoms with Crippen molar-refractivity contribution in [3.8, 4) is 6.07 Å².